The number of aromatic nitrogens is 3. The molecule has 0 unspecified atom stereocenters. The van der Waals surface area contributed by atoms with Crippen LogP contribution >= 0.6 is 0 Å². The lowest BCUT2D eigenvalue weighted by molar-refractivity contribution is 0.0739. The van der Waals surface area contributed by atoms with Gasteiger partial charge in [0.2, 0.25) is 5.82 Å². The molecule has 1 aromatic heterocycles. The fourth-order valence-corrected chi connectivity index (χ4v) is 1.94. The van der Waals surface area contributed by atoms with E-state index in [1.54, 1.807) is 0 Å². The average molecular weight is 237 g/mol. The summed E-state index contributed by atoms with van der Waals surface area (Å²) in [7, 11) is 0. The fourth-order valence-electron chi connectivity index (χ4n) is 1.94. The van der Waals surface area contributed by atoms with Crippen LogP contribution in [0.1, 0.15) is 49.1 Å². The van der Waals surface area contributed by atoms with E-state index in [2.05, 4.69) is 27.5 Å². The van der Waals surface area contributed by atoms with E-state index < -0.39 is 0 Å². The predicted octanol–water partition coefficient (Wildman–Crippen LogP) is 0.888. The molecule has 2 rings (SSSR count). The van der Waals surface area contributed by atoms with Crippen molar-refractivity contribution in [3.05, 3.63) is 11.6 Å². The molecule has 1 saturated heterocycles. The minimum Gasteiger partial charge on any atom is -0.282 e. The summed E-state index contributed by atoms with van der Waals surface area (Å²) < 4.78 is 0. The molecule has 1 fully saturated rings. The zero-order chi connectivity index (χ0) is 12.1. The first-order chi connectivity index (χ1) is 8.29. The van der Waals surface area contributed by atoms with Crippen LogP contribution in [0.2, 0.25) is 0 Å². The fraction of sp³-hybridized carbons (Fsp3) is 0.727. The topological polar surface area (TPSA) is 73.9 Å². The molecular weight excluding hydrogens is 218 g/mol. The average Bonchev–Trinajstić information content (AvgIpc) is 2.79. The van der Waals surface area contributed by atoms with Crippen LogP contribution in [0.3, 0.4) is 0 Å². The molecule has 0 atom stereocenters. The number of piperidine rings is 1. The van der Waals surface area contributed by atoms with Crippen LogP contribution in [-0.2, 0) is 6.42 Å². The Balaban J connectivity index is 1.89. The van der Waals surface area contributed by atoms with E-state index in [0.717, 1.165) is 44.6 Å². The van der Waals surface area contributed by atoms with Gasteiger partial charge in [-0.25, -0.2) is 9.99 Å². The van der Waals surface area contributed by atoms with E-state index in [4.69, 9.17) is 0 Å². The largest absolute Gasteiger partial charge is 0.305 e. The lowest BCUT2D eigenvalue weighted by Crippen LogP contribution is -2.45. The lowest BCUT2D eigenvalue weighted by atomic mass is 10.2. The Morgan fingerprint density at radius 2 is 2.18 bits per heavy atom. The molecule has 0 aromatic carbocycles. The number of nitrogens with zero attached hydrogens (tertiary/aromatic N) is 3. The van der Waals surface area contributed by atoms with E-state index in [9.17, 15) is 4.79 Å². The number of hydrogen-bond acceptors (Lipinski definition) is 4. The summed E-state index contributed by atoms with van der Waals surface area (Å²) in [6, 6.07) is 0. The van der Waals surface area contributed by atoms with Gasteiger partial charge >= 0.3 is 5.91 Å². The SMILES string of the molecule is CCCc1nc(C(=O)NN2CCCCC2)n[nH]1. The van der Waals surface area contributed by atoms with Crippen molar-refractivity contribution in [3.63, 3.8) is 0 Å². The highest BCUT2D eigenvalue weighted by atomic mass is 16.2. The minimum atomic E-state index is -0.217. The third kappa shape index (κ3) is 3.26. The molecule has 2 heterocycles. The summed E-state index contributed by atoms with van der Waals surface area (Å²) >= 11 is 0. The summed E-state index contributed by atoms with van der Waals surface area (Å²) in [5.41, 5.74) is 2.84. The second-order valence-corrected chi connectivity index (χ2v) is 4.34. The van der Waals surface area contributed by atoms with Gasteiger partial charge in [0.15, 0.2) is 0 Å². The van der Waals surface area contributed by atoms with Crippen LogP contribution in [0.15, 0.2) is 0 Å². The van der Waals surface area contributed by atoms with Gasteiger partial charge in [0.25, 0.3) is 0 Å². The second kappa shape index (κ2) is 5.77. The maximum absolute atomic E-state index is 11.8. The maximum Gasteiger partial charge on any atom is 0.305 e. The van der Waals surface area contributed by atoms with Crippen molar-refractivity contribution in [2.24, 2.45) is 0 Å². The van der Waals surface area contributed by atoms with Gasteiger partial charge in [0, 0.05) is 19.5 Å². The molecule has 6 heteroatoms. The van der Waals surface area contributed by atoms with Crippen molar-refractivity contribution in [1.29, 1.82) is 0 Å². The number of rotatable bonds is 4. The smallest absolute Gasteiger partial charge is 0.282 e. The minimum absolute atomic E-state index is 0.217. The molecule has 1 amide bonds. The van der Waals surface area contributed by atoms with Gasteiger partial charge in [-0.1, -0.05) is 13.3 Å². The number of hydrogen-bond donors (Lipinski definition) is 2. The first kappa shape index (κ1) is 12.0. The molecule has 6 nitrogen and oxygen atoms in total. The van der Waals surface area contributed by atoms with Crippen molar-refractivity contribution >= 4 is 5.91 Å². The molecule has 0 aliphatic carbocycles. The van der Waals surface area contributed by atoms with Gasteiger partial charge in [-0.3, -0.25) is 15.3 Å². The number of aryl methyl sites for hydroxylation is 1. The molecule has 0 bridgehead atoms. The number of amides is 1. The molecule has 94 valence electrons. The summed E-state index contributed by atoms with van der Waals surface area (Å²) in [5.74, 6) is 0.792. The molecular formula is C11H19N5O. The summed E-state index contributed by atoms with van der Waals surface area (Å²) in [4.78, 5) is 16.0. The first-order valence-corrected chi connectivity index (χ1v) is 6.27. The van der Waals surface area contributed by atoms with Gasteiger partial charge in [-0.05, 0) is 19.3 Å². The van der Waals surface area contributed by atoms with Crippen LogP contribution in [0.25, 0.3) is 0 Å². The zero-order valence-electron chi connectivity index (χ0n) is 10.2. The van der Waals surface area contributed by atoms with E-state index in [1.807, 2.05) is 5.01 Å². The molecule has 17 heavy (non-hydrogen) atoms. The summed E-state index contributed by atoms with van der Waals surface area (Å²) in [6.45, 7) is 3.89. The third-order valence-corrected chi connectivity index (χ3v) is 2.84. The van der Waals surface area contributed by atoms with Crippen LogP contribution in [-0.4, -0.2) is 39.2 Å². The number of aromatic amines is 1. The van der Waals surface area contributed by atoms with Crippen LogP contribution in [0.5, 0.6) is 0 Å². The van der Waals surface area contributed by atoms with E-state index >= 15 is 0 Å². The number of hydrazine groups is 1. The normalized spacial score (nSPS) is 17.0. The van der Waals surface area contributed by atoms with Gasteiger partial charge in [0.05, 0.1) is 0 Å². The summed E-state index contributed by atoms with van der Waals surface area (Å²) in [5, 5.41) is 8.66. The molecule has 1 aliphatic heterocycles. The van der Waals surface area contributed by atoms with Gasteiger partial charge < -0.3 is 0 Å². The van der Waals surface area contributed by atoms with Gasteiger partial charge in [-0.2, -0.15) is 0 Å². The van der Waals surface area contributed by atoms with Crippen molar-refractivity contribution in [2.45, 2.75) is 39.0 Å². The molecule has 0 radical (unpaired) electrons. The van der Waals surface area contributed by atoms with Crippen molar-refractivity contribution in [3.8, 4) is 0 Å². The Morgan fingerprint density at radius 3 is 2.88 bits per heavy atom. The molecule has 0 saturated carbocycles. The Kier molecular flexibility index (Phi) is 4.08. The molecule has 1 aromatic rings. The lowest BCUT2D eigenvalue weighted by Gasteiger charge is -2.26. The standard InChI is InChI=1S/C11H19N5O/c1-2-6-9-12-10(14-13-9)11(17)15-16-7-4-3-5-8-16/h2-8H2,1H3,(H,15,17)(H,12,13,14). The maximum atomic E-state index is 11.8. The Bertz CT molecular complexity index is 370. The number of nitrogens with one attached hydrogen (secondary N) is 2. The van der Waals surface area contributed by atoms with Crippen molar-refractivity contribution in [2.75, 3.05) is 13.1 Å². The highest BCUT2D eigenvalue weighted by Gasteiger charge is 2.17. The quantitative estimate of drug-likeness (QED) is 0.815. The van der Waals surface area contributed by atoms with Gasteiger partial charge in [-0.15, -0.1) is 5.10 Å². The number of H-pyrrole nitrogens is 1. The number of carbonyl (C=O) groups is 1. The second-order valence-electron chi connectivity index (χ2n) is 4.34. The highest BCUT2D eigenvalue weighted by Crippen LogP contribution is 2.06. The Morgan fingerprint density at radius 1 is 1.41 bits per heavy atom. The van der Waals surface area contributed by atoms with Crippen LogP contribution in [0, 0.1) is 0 Å². The Hall–Kier alpha value is -1.43. The molecule has 2 N–H and O–H groups in total. The third-order valence-electron chi connectivity index (χ3n) is 2.84. The zero-order valence-corrected chi connectivity index (χ0v) is 10.2. The first-order valence-electron chi connectivity index (χ1n) is 6.27. The van der Waals surface area contributed by atoms with Crippen molar-refractivity contribution < 1.29 is 4.79 Å². The monoisotopic (exact) mass is 237 g/mol. The molecule has 1 aliphatic rings. The highest BCUT2D eigenvalue weighted by molar-refractivity contribution is 5.89. The number of carbonyl (C=O) groups excluding carboxylic acids is 1. The van der Waals surface area contributed by atoms with Crippen LogP contribution < -0.4 is 5.43 Å². The molecule has 0 spiro atoms. The predicted molar refractivity (Wildman–Crippen MR) is 63.3 cm³/mol. The summed E-state index contributed by atoms with van der Waals surface area (Å²) in [6.07, 6.45) is 5.32. The van der Waals surface area contributed by atoms with E-state index in [-0.39, 0.29) is 11.7 Å². The van der Waals surface area contributed by atoms with Crippen molar-refractivity contribution in [1.82, 2.24) is 25.6 Å². The van der Waals surface area contributed by atoms with E-state index in [0.29, 0.717) is 0 Å². The van der Waals surface area contributed by atoms with E-state index in [1.165, 1.54) is 6.42 Å². The Labute approximate surface area is 101 Å². The van der Waals surface area contributed by atoms with Gasteiger partial charge in [0.1, 0.15) is 5.82 Å². The van der Waals surface area contributed by atoms with Crippen LogP contribution in [0.4, 0.5) is 0 Å².